The number of allylic oxidation sites excluding steroid dienone is 1. The van der Waals surface area contributed by atoms with Gasteiger partial charge < -0.3 is 9.73 Å². The summed E-state index contributed by atoms with van der Waals surface area (Å²) in [7, 11) is 0. The minimum absolute atomic E-state index is 0.315. The predicted molar refractivity (Wildman–Crippen MR) is 80.6 cm³/mol. The van der Waals surface area contributed by atoms with E-state index in [4.69, 9.17) is 4.42 Å². The molecule has 0 aliphatic carbocycles. The number of nitrogens with zero attached hydrogens (tertiary/aromatic N) is 1. The van der Waals surface area contributed by atoms with Gasteiger partial charge in [-0.15, -0.1) is 6.58 Å². The van der Waals surface area contributed by atoms with Crippen LogP contribution in [0.15, 0.2) is 35.3 Å². The third-order valence-electron chi connectivity index (χ3n) is 3.11. The molecular formula is C16H22N2O. The maximum absolute atomic E-state index is 5.70. The zero-order valence-electron chi connectivity index (χ0n) is 11.9. The lowest BCUT2D eigenvalue weighted by Crippen LogP contribution is -2.14. The van der Waals surface area contributed by atoms with Crippen LogP contribution in [-0.2, 0) is 0 Å². The van der Waals surface area contributed by atoms with Gasteiger partial charge in [-0.1, -0.05) is 19.9 Å². The van der Waals surface area contributed by atoms with Crippen LogP contribution >= 0.6 is 0 Å². The molecule has 1 aromatic carbocycles. The second-order valence-electron chi connectivity index (χ2n) is 5.30. The van der Waals surface area contributed by atoms with Gasteiger partial charge in [0.15, 0.2) is 11.5 Å². The molecule has 0 bridgehead atoms. The van der Waals surface area contributed by atoms with E-state index in [1.54, 1.807) is 0 Å². The van der Waals surface area contributed by atoms with E-state index < -0.39 is 0 Å². The number of nitrogens with one attached hydrogen (secondary N) is 1. The Kier molecular flexibility index (Phi) is 4.25. The van der Waals surface area contributed by atoms with Crippen LogP contribution in [0.5, 0.6) is 0 Å². The topological polar surface area (TPSA) is 38.1 Å². The van der Waals surface area contributed by atoms with Crippen molar-refractivity contribution in [1.82, 2.24) is 4.98 Å². The molecule has 0 spiro atoms. The van der Waals surface area contributed by atoms with Crippen LogP contribution in [0.3, 0.4) is 0 Å². The minimum atomic E-state index is 0.315. The Hall–Kier alpha value is -1.77. The fraction of sp³-hybridized carbons (Fsp3) is 0.438. The lowest BCUT2D eigenvalue weighted by Gasteiger charge is -2.13. The standard InChI is InChI=1S/C16H22N2O/c1-5-6-7-12(4)17-13-8-9-15-14(10-13)18-16(19-15)11(2)3/h5,8-12,17H,1,6-7H2,2-4H3. The van der Waals surface area contributed by atoms with Crippen molar-refractivity contribution in [2.24, 2.45) is 0 Å². The normalized spacial score (nSPS) is 12.8. The molecule has 3 heteroatoms. The number of benzene rings is 1. The highest BCUT2D eigenvalue weighted by molar-refractivity contribution is 5.77. The molecule has 0 amide bonds. The summed E-state index contributed by atoms with van der Waals surface area (Å²) in [5.41, 5.74) is 2.87. The third-order valence-corrected chi connectivity index (χ3v) is 3.11. The second-order valence-corrected chi connectivity index (χ2v) is 5.30. The predicted octanol–water partition coefficient (Wildman–Crippen LogP) is 4.72. The minimum Gasteiger partial charge on any atom is -0.440 e. The van der Waals surface area contributed by atoms with Crippen LogP contribution in [0.2, 0.25) is 0 Å². The zero-order chi connectivity index (χ0) is 13.8. The van der Waals surface area contributed by atoms with E-state index in [0.717, 1.165) is 35.5 Å². The largest absolute Gasteiger partial charge is 0.440 e. The fourth-order valence-electron chi connectivity index (χ4n) is 2.01. The van der Waals surface area contributed by atoms with Crippen LogP contribution in [-0.4, -0.2) is 11.0 Å². The van der Waals surface area contributed by atoms with Gasteiger partial charge in [0.2, 0.25) is 0 Å². The van der Waals surface area contributed by atoms with E-state index in [-0.39, 0.29) is 0 Å². The summed E-state index contributed by atoms with van der Waals surface area (Å²) in [5.74, 6) is 1.11. The van der Waals surface area contributed by atoms with Crippen molar-refractivity contribution in [3.05, 3.63) is 36.7 Å². The molecule has 0 saturated carbocycles. The molecule has 2 rings (SSSR count). The van der Waals surface area contributed by atoms with Crippen LogP contribution in [0.1, 0.15) is 45.4 Å². The van der Waals surface area contributed by atoms with Crippen LogP contribution in [0, 0.1) is 0 Å². The summed E-state index contributed by atoms with van der Waals surface area (Å²) in [6.45, 7) is 10.1. The molecule has 1 unspecified atom stereocenters. The van der Waals surface area contributed by atoms with Crippen LogP contribution < -0.4 is 5.32 Å². The first-order valence-corrected chi connectivity index (χ1v) is 6.88. The van der Waals surface area contributed by atoms with E-state index in [1.165, 1.54) is 0 Å². The Morgan fingerprint density at radius 3 is 2.84 bits per heavy atom. The highest BCUT2D eigenvalue weighted by atomic mass is 16.3. The summed E-state index contributed by atoms with van der Waals surface area (Å²) in [4.78, 5) is 4.52. The Morgan fingerprint density at radius 2 is 2.16 bits per heavy atom. The number of anilines is 1. The van der Waals surface area contributed by atoms with Crippen molar-refractivity contribution in [1.29, 1.82) is 0 Å². The molecule has 1 N–H and O–H groups in total. The number of fused-ring (bicyclic) bond motifs is 1. The molecule has 3 nitrogen and oxygen atoms in total. The van der Waals surface area contributed by atoms with Crippen molar-refractivity contribution in [3.8, 4) is 0 Å². The van der Waals surface area contributed by atoms with Crippen molar-refractivity contribution >= 4 is 16.8 Å². The molecule has 2 aromatic rings. The van der Waals surface area contributed by atoms with E-state index >= 15 is 0 Å². The van der Waals surface area contributed by atoms with Crippen molar-refractivity contribution in [2.75, 3.05) is 5.32 Å². The maximum atomic E-state index is 5.70. The lowest BCUT2D eigenvalue weighted by atomic mass is 10.1. The summed E-state index contributed by atoms with van der Waals surface area (Å²) in [6.07, 6.45) is 4.06. The molecule has 102 valence electrons. The summed E-state index contributed by atoms with van der Waals surface area (Å²) in [6, 6.07) is 6.50. The Bertz CT molecular complexity index is 557. The smallest absolute Gasteiger partial charge is 0.198 e. The van der Waals surface area contributed by atoms with E-state index in [9.17, 15) is 0 Å². The first kappa shape index (κ1) is 13.7. The van der Waals surface area contributed by atoms with E-state index in [2.05, 4.69) is 43.7 Å². The molecule has 0 aliphatic heterocycles. The van der Waals surface area contributed by atoms with Gasteiger partial charge in [0.1, 0.15) is 5.52 Å². The monoisotopic (exact) mass is 258 g/mol. The third kappa shape index (κ3) is 3.37. The van der Waals surface area contributed by atoms with Gasteiger partial charge in [-0.05, 0) is 38.0 Å². The highest BCUT2D eigenvalue weighted by Crippen LogP contribution is 2.24. The molecule has 0 saturated heterocycles. The Labute approximate surface area is 114 Å². The number of hydrogen-bond donors (Lipinski definition) is 1. The molecular weight excluding hydrogens is 236 g/mol. The van der Waals surface area contributed by atoms with Gasteiger partial charge in [0, 0.05) is 17.6 Å². The molecule has 19 heavy (non-hydrogen) atoms. The summed E-state index contributed by atoms with van der Waals surface area (Å²) in [5, 5.41) is 3.48. The van der Waals surface area contributed by atoms with Gasteiger partial charge >= 0.3 is 0 Å². The number of hydrogen-bond acceptors (Lipinski definition) is 3. The average Bonchev–Trinajstić information content (AvgIpc) is 2.79. The van der Waals surface area contributed by atoms with Crippen molar-refractivity contribution in [2.45, 2.75) is 45.6 Å². The summed E-state index contributed by atoms with van der Waals surface area (Å²) < 4.78 is 5.70. The average molecular weight is 258 g/mol. The Morgan fingerprint density at radius 1 is 1.37 bits per heavy atom. The molecule has 0 fully saturated rings. The fourth-order valence-corrected chi connectivity index (χ4v) is 2.01. The second kappa shape index (κ2) is 5.91. The van der Waals surface area contributed by atoms with Gasteiger partial charge in [-0.2, -0.15) is 0 Å². The molecule has 0 radical (unpaired) electrons. The van der Waals surface area contributed by atoms with E-state index in [1.807, 2.05) is 18.2 Å². The first-order valence-electron chi connectivity index (χ1n) is 6.88. The van der Waals surface area contributed by atoms with Gasteiger partial charge in [-0.25, -0.2) is 4.98 Å². The number of aromatic nitrogens is 1. The molecule has 1 atom stereocenters. The number of oxazole rings is 1. The quantitative estimate of drug-likeness (QED) is 0.762. The molecule has 0 aliphatic rings. The molecule has 1 aromatic heterocycles. The van der Waals surface area contributed by atoms with Gasteiger partial charge in [-0.3, -0.25) is 0 Å². The first-order chi connectivity index (χ1) is 9.10. The van der Waals surface area contributed by atoms with E-state index in [0.29, 0.717) is 12.0 Å². The zero-order valence-corrected chi connectivity index (χ0v) is 11.9. The molecule has 1 heterocycles. The van der Waals surface area contributed by atoms with Crippen molar-refractivity contribution in [3.63, 3.8) is 0 Å². The van der Waals surface area contributed by atoms with Gasteiger partial charge in [0.25, 0.3) is 0 Å². The lowest BCUT2D eigenvalue weighted by molar-refractivity contribution is 0.501. The number of rotatable bonds is 6. The highest BCUT2D eigenvalue weighted by Gasteiger charge is 2.10. The SMILES string of the molecule is C=CCCC(C)Nc1ccc2oc(C(C)C)nc2c1. The Balaban J connectivity index is 2.14. The summed E-state index contributed by atoms with van der Waals surface area (Å²) >= 11 is 0. The van der Waals surface area contributed by atoms with Crippen LogP contribution in [0.4, 0.5) is 5.69 Å². The van der Waals surface area contributed by atoms with Gasteiger partial charge in [0.05, 0.1) is 0 Å². The van der Waals surface area contributed by atoms with Crippen LogP contribution in [0.25, 0.3) is 11.1 Å². The van der Waals surface area contributed by atoms with Crippen molar-refractivity contribution < 1.29 is 4.42 Å². The maximum Gasteiger partial charge on any atom is 0.198 e.